The van der Waals surface area contributed by atoms with Crippen LogP contribution in [0, 0.1) is 4.64 Å². The van der Waals surface area contributed by atoms with Crippen molar-refractivity contribution in [2.75, 3.05) is 7.05 Å². The first-order valence-electron chi connectivity index (χ1n) is 2.82. The molecule has 0 aliphatic rings. The number of rotatable bonds is 1. The van der Waals surface area contributed by atoms with E-state index in [9.17, 15) is 0 Å². The highest BCUT2D eigenvalue weighted by atomic mass is 32.1. The summed E-state index contributed by atoms with van der Waals surface area (Å²) in [6.45, 7) is 0. The van der Waals surface area contributed by atoms with Gasteiger partial charge in [0.25, 0.3) is 0 Å². The van der Waals surface area contributed by atoms with Crippen molar-refractivity contribution in [1.82, 2.24) is 4.98 Å². The number of nitrogens with one attached hydrogen (secondary N) is 1. The van der Waals surface area contributed by atoms with Gasteiger partial charge in [0.05, 0.1) is 0 Å². The zero-order valence-electron chi connectivity index (χ0n) is 5.53. The normalized spacial score (nSPS) is 10.5. The van der Waals surface area contributed by atoms with E-state index in [0.717, 1.165) is 0 Å². The lowest BCUT2D eigenvalue weighted by molar-refractivity contribution is 1.14. The van der Waals surface area contributed by atoms with Gasteiger partial charge in [-0.2, -0.15) is 10.2 Å². The number of azo groups is 1. The Kier molecular flexibility index (Phi) is 2.28. The highest BCUT2D eigenvalue weighted by Gasteiger charge is 1.87. The smallest absolute Gasteiger partial charge is 0.131 e. The number of H-pyrrole nitrogens is 1. The molecule has 0 atom stereocenters. The van der Waals surface area contributed by atoms with Gasteiger partial charge < -0.3 is 4.98 Å². The van der Waals surface area contributed by atoms with Crippen molar-refractivity contribution in [2.24, 2.45) is 10.2 Å². The molecule has 0 spiro atoms. The summed E-state index contributed by atoms with van der Waals surface area (Å²) in [7, 11) is 1.61. The lowest BCUT2D eigenvalue weighted by atomic mass is 10.4. The Hall–Kier alpha value is -1.03. The summed E-state index contributed by atoms with van der Waals surface area (Å²) >= 11 is 4.91. The number of nitrogens with zero attached hydrogens (tertiary/aromatic N) is 2. The van der Waals surface area contributed by atoms with E-state index in [2.05, 4.69) is 15.2 Å². The minimum absolute atomic E-state index is 0.619. The van der Waals surface area contributed by atoms with Crippen LogP contribution in [0.2, 0.25) is 0 Å². The second kappa shape index (κ2) is 3.22. The monoisotopic (exact) mass is 153 g/mol. The van der Waals surface area contributed by atoms with Crippen LogP contribution in [0.1, 0.15) is 0 Å². The molecule has 0 fully saturated rings. The first-order chi connectivity index (χ1) is 4.84. The highest BCUT2D eigenvalue weighted by molar-refractivity contribution is 7.71. The van der Waals surface area contributed by atoms with Crippen LogP contribution in [-0.2, 0) is 0 Å². The first-order valence-corrected chi connectivity index (χ1v) is 3.23. The van der Waals surface area contributed by atoms with E-state index in [1.807, 2.05) is 12.1 Å². The Morgan fingerprint density at radius 3 is 3.00 bits per heavy atom. The topological polar surface area (TPSA) is 40.5 Å². The molecule has 0 aliphatic carbocycles. The summed E-state index contributed by atoms with van der Waals surface area (Å²) in [5.74, 6) is 0. The number of hydrogen-bond donors (Lipinski definition) is 1. The Morgan fingerprint density at radius 2 is 2.40 bits per heavy atom. The molecule has 0 bridgehead atoms. The zero-order chi connectivity index (χ0) is 7.40. The summed E-state index contributed by atoms with van der Waals surface area (Å²) in [5.41, 5.74) is 0.708. The molecule has 0 amide bonds. The number of aromatic nitrogens is 1. The fourth-order valence-corrected chi connectivity index (χ4v) is 0.776. The molecular weight excluding hydrogens is 146 g/mol. The summed E-state index contributed by atoms with van der Waals surface area (Å²) in [6, 6.07) is 3.64. The van der Waals surface area contributed by atoms with Crippen LogP contribution in [0.5, 0.6) is 0 Å². The van der Waals surface area contributed by atoms with Gasteiger partial charge in [-0.15, -0.1) is 0 Å². The number of pyridine rings is 1. The minimum atomic E-state index is 0.619. The minimum Gasteiger partial charge on any atom is -0.351 e. The quantitative estimate of drug-likeness (QED) is 0.488. The lowest BCUT2D eigenvalue weighted by Gasteiger charge is -1.88. The SMILES string of the molecule is CN=Nc1ccc[nH]c1=S. The molecular formula is C6H7N3S. The largest absolute Gasteiger partial charge is 0.351 e. The summed E-state index contributed by atoms with van der Waals surface area (Å²) < 4.78 is 0.619. The molecule has 1 rings (SSSR count). The standard InChI is InChI=1S/C6H7N3S/c1-7-9-5-3-2-4-8-6(5)10/h2-4H,1H3,(H,8,10). The van der Waals surface area contributed by atoms with Gasteiger partial charge in [-0.1, -0.05) is 12.2 Å². The highest BCUT2D eigenvalue weighted by Crippen LogP contribution is 2.10. The number of aromatic amines is 1. The summed E-state index contributed by atoms with van der Waals surface area (Å²) in [6.07, 6.45) is 1.76. The van der Waals surface area contributed by atoms with Gasteiger partial charge in [0.15, 0.2) is 0 Å². The maximum Gasteiger partial charge on any atom is 0.131 e. The summed E-state index contributed by atoms with van der Waals surface area (Å²) in [4.78, 5) is 2.85. The second-order valence-corrected chi connectivity index (χ2v) is 2.09. The van der Waals surface area contributed by atoms with Gasteiger partial charge in [-0.05, 0) is 12.1 Å². The molecule has 52 valence electrons. The van der Waals surface area contributed by atoms with Crippen LogP contribution in [0.4, 0.5) is 5.69 Å². The fourth-order valence-electron chi connectivity index (χ4n) is 0.599. The third kappa shape index (κ3) is 1.48. The molecule has 1 aromatic heterocycles. The van der Waals surface area contributed by atoms with Gasteiger partial charge in [0, 0.05) is 13.2 Å². The third-order valence-electron chi connectivity index (χ3n) is 1.01. The van der Waals surface area contributed by atoms with E-state index in [0.29, 0.717) is 10.3 Å². The van der Waals surface area contributed by atoms with Gasteiger partial charge in [0.2, 0.25) is 0 Å². The van der Waals surface area contributed by atoms with Crippen LogP contribution in [0.3, 0.4) is 0 Å². The molecule has 3 nitrogen and oxygen atoms in total. The van der Waals surface area contributed by atoms with Crippen molar-refractivity contribution in [3.8, 4) is 0 Å². The van der Waals surface area contributed by atoms with Crippen molar-refractivity contribution in [1.29, 1.82) is 0 Å². The van der Waals surface area contributed by atoms with E-state index in [-0.39, 0.29) is 0 Å². The average molecular weight is 153 g/mol. The van der Waals surface area contributed by atoms with Crippen LogP contribution in [0.15, 0.2) is 28.6 Å². The predicted molar refractivity (Wildman–Crippen MR) is 42.1 cm³/mol. The Balaban J connectivity index is 3.16. The molecule has 0 aromatic carbocycles. The average Bonchev–Trinajstić information content (AvgIpc) is 1.94. The van der Waals surface area contributed by atoms with Crippen molar-refractivity contribution in [3.63, 3.8) is 0 Å². The maximum atomic E-state index is 4.91. The van der Waals surface area contributed by atoms with Crippen LogP contribution < -0.4 is 0 Å². The Labute approximate surface area is 63.8 Å². The lowest BCUT2D eigenvalue weighted by Crippen LogP contribution is -1.70. The van der Waals surface area contributed by atoms with E-state index in [4.69, 9.17) is 12.2 Å². The molecule has 0 saturated heterocycles. The first kappa shape index (κ1) is 7.08. The number of hydrogen-bond acceptors (Lipinski definition) is 3. The van der Waals surface area contributed by atoms with E-state index >= 15 is 0 Å². The van der Waals surface area contributed by atoms with Crippen LogP contribution in [0.25, 0.3) is 0 Å². The van der Waals surface area contributed by atoms with Gasteiger partial charge in [-0.3, -0.25) is 0 Å². The van der Waals surface area contributed by atoms with Crippen LogP contribution in [-0.4, -0.2) is 12.0 Å². The molecule has 10 heavy (non-hydrogen) atoms. The van der Waals surface area contributed by atoms with Crippen molar-refractivity contribution in [2.45, 2.75) is 0 Å². The molecule has 1 aromatic rings. The van der Waals surface area contributed by atoms with Crippen LogP contribution >= 0.6 is 12.2 Å². The van der Waals surface area contributed by atoms with E-state index in [1.165, 1.54) is 0 Å². The van der Waals surface area contributed by atoms with Gasteiger partial charge in [0.1, 0.15) is 10.3 Å². The molecule has 1 heterocycles. The third-order valence-corrected chi connectivity index (χ3v) is 1.33. The Morgan fingerprint density at radius 1 is 1.60 bits per heavy atom. The zero-order valence-corrected chi connectivity index (χ0v) is 6.35. The van der Waals surface area contributed by atoms with E-state index < -0.39 is 0 Å². The predicted octanol–water partition coefficient (Wildman–Crippen LogP) is 2.46. The molecule has 4 heteroatoms. The van der Waals surface area contributed by atoms with Gasteiger partial charge in [-0.25, -0.2) is 0 Å². The Bertz CT molecular complexity index is 289. The van der Waals surface area contributed by atoms with Gasteiger partial charge >= 0.3 is 0 Å². The maximum absolute atomic E-state index is 4.91. The summed E-state index contributed by atoms with van der Waals surface area (Å²) in [5, 5.41) is 7.40. The molecule has 0 unspecified atom stereocenters. The van der Waals surface area contributed by atoms with E-state index in [1.54, 1.807) is 13.2 Å². The molecule has 0 radical (unpaired) electrons. The van der Waals surface area contributed by atoms with Crippen molar-refractivity contribution >= 4 is 17.9 Å². The van der Waals surface area contributed by atoms with Crippen molar-refractivity contribution in [3.05, 3.63) is 23.0 Å². The molecule has 0 saturated carbocycles. The van der Waals surface area contributed by atoms with Crippen molar-refractivity contribution < 1.29 is 0 Å². The second-order valence-electron chi connectivity index (χ2n) is 1.68. The fraction of sp³-hybridized carbons (Fsp3) is 0.167. The molecule has 1 N–H and O–H groups in total. The molecule has 0 aliphatic heterocycles.